The number of aromatic nitrogens is 1. The zero-order chi connectivity index (χ0) is 17.7. The van der Waals surface area contributed by atoms with Gasteiger partial charge in [0.25, 0.3) is 0 Å². The van der Waals surface area contributed by atoms with Crippen molar-refractivity contribution >= 4 is 0 Å². The molecule has 2 heterocycles. The molecule has 0 radical (unpaired) electrons. The van der Waals surface area contributed by atoms with Gasteiger partial charge in [-0.25, -0.2) is 0 Å². The van der Waals surface area contributed by atoms with Gasteiger partial charge in [0.2, 0.25) is 0 Å². The predicted octanol–water partition coefficient (Wildman–Crippen LogP) is 3.42. The summed E-state index contributed by atoms with van der Waals surface area (Å²) < 4.78 is 48.7. The summed E-state index contributed by atoms with van der Waals surface area (Å²) in [6.07, 6.45) is -4.32. The molecule has 25 heavy (non-hydrogen) atoms. The third kappa shape index (κ3) is 5.17. The number of hydrogen-bond acceptors (Lipinski definition) is 4. The van der Waals surface area contributed by atoms with Gasteiger partial charge in [-0.2, -0.15) is 13.2 Å². The molecule has 2 aromatic rings. The number of ether oxygens (including phenoxy) is 2. The summed E-state index contributed by atoms with van der Waals surface area (Å²) >= 11 is 0. The first-order valence-electron chi connectivity index (χ1n) is 8.03. The molecule has 1 unspecified atom stereocenters. The van der Waals surface area contributed by atoms with Crippen molar-refractivity contribution in [3.05, 3.63) is 59.9 Å². The van der Waals surface area contributed by atoms with E-state index in [0.717, 1.165) is 11.3 Å². The Morgan fingerprint density at radius 3 is 2.64 bits per heavy atom. The molecule has 0 N–H and O–H groups in total. The fourth-order valence-corrected chi connectivity index (χ4v) is 2.63. The second kappa shape index (κ2) is 7.84. The number of morpholine rings is 1. The third-order valence-corrected chi connectivity index (χ3v) is 3.96. The van der Waals surface area contributed by atoms with E-state index in [-0.39, 0.29) is 13.2 Å². The zero-order valence-electron chi connectivity index (χ0n) is 13.6. The summed E-state index contributed by atoms with van der Waals surface area (Å²) in [6.45, 7) is 1.27. The van der Waals surface area contributed by atoms with Crippen LogP contribution in [-0.2, 0) is 17.9 Å². The van der Waals surface area contributed by atoms with Crippen LogP contribution in [0.1, 0.15) is 11.3 Å². The summed E-state index contributed by atoms with van der Waals surface area (Å²) in [5, 5.41) is 0. The Balaban J connectivity index is 1.52. The third-order valence-electron chi connectivity index (χ3n) is 3.96. The van der Waals surface area contributed by atoms with Crippen LogP contribution < -0.4 is 4.74 Å². The van der Waals surface area contributed by atoms with Crippen molar-refractivity contribution < 1.29 is 22.6 Å². The van der Waals surface area contributed by atoms with E-state index < -0.39 is 12.3 Å². The normalized spacial score (nSPS) is 18.9. The molecule has 1 aliphatic rings. The Morgan fingerprint density at radius 2 is 1.96 bits per heavy atom. The average molecular weight is 352 g/mol. The van der Waals surface area contributed by atoms with Crippen LogP contribution >= 0.6 is 0 Å². The number of halogens is 3. The van der Waals surface area contributed by atoms with Gasteiger partial charge in [-0.3, -0.25) is 9.88 Å². The molecule has 0 bridgehead atoms. The fourth-order valence-electron chi connectivity index (χ4n) is 2.63. The molecule has 1 aromatic carbocycles. The smallest absolute Gasteiger partial charge is 0.415 e. The molecule has 0 amide bonds. The summed E-state index contributed by atoms with van der Waals surface area (Å²) in [4.78, 5) is 5.94. The van der Waals surface area contributed by atoms with Crippen molar-refractivity contribution in [2.24, 2.45) is 0 Å². The van der Waals surface area contributed by atoms with Crippen molar-refractivity contribution in [3.8, 4) is 5.75 Å². The number of hydrogen-bond donors (Lipinski definition) is 0. The lowest BCUT2D eigenvalue weighted by Gasteiger charge is -2.33. The van der Waals surface area contributed by atoms with E-state index in [9.17, 15) is 13.2 Å². The van der Waals surface area contributed by atoms with Gasteiger partial charge in [0, 0.05) is 25.8 Å². The Hall–Kier alpha value is -2.12. The second-order valence-electron chi connectivity index (χ2n) is 5.89. The molecule has 134 valence electrons. The van der Waals surface area contributed by atoms with Gasteiger partial charge in [-0.1, -0.05) is 18.2 Å². The maximum Gasteiger partial charge on any atom is 0.415 e. The van der Waals surface area contributed by atoms with Crippen molar-refractivity contribution in [2.75, 3.05) is 19.7 Å². The Morgan fingerprint density at radius 1 is 1.16 bits per heavy atom. The molecule has 0 saturated carbocycles. The molecule has 7 heteroatoms. The molecule has 1 fully saturated rings. The van der Waals surface area contributed by atoms with Gasteiger partial charge < -0.3 is 9.47 Å². The molecule has 1 saturated heterocycles. The molecule has 1 atom stereocenters. The summed E-state index contributed by atoms with van der Waals surface area (Å²) in [7, 11) is 0. The van der Waals surface area contributed by atoms with Crippen LogP contribution in [0.5, 0.6) is 5.75 Å². The SMILES string of the molecule is FC(F)(F)C1CN(Cc2ccc(OCc3ccccn3)cc2)CCO1. The minimum atomic E-state index is -4.32. The first kappa shape index (κ1) is 17.7. The predicted molar refractivity (Wildman–Crippen MR) is 86.1 cm³/mol. The van der Waals surface area contributed by atoms with Crippen molar-refractivity contribution in [1.29, 1.82) is 0 Å². The number of alkyl halides is 3. The Labute approximate surface area is 144 Å². The van der Waals surface area contributed by atoms with Gasteiger partial charge in [0.1, 0.15) is 12.4 Å². The van der Waals surface area contributed by atoms with Crippen LogP contribution in [0.3, 0.4) is 0 Å². The molecular weight excluding hydrogens is 333 g/mol. The minimum Gasteiger partial charge on any atom is -0.487 e. The summed E-state index contributed by atoms with van der Waals surface area (Å²) in [5.41, 5.74) is 1.77. The van der Waals surface area contributed by atoms with Crippen LogP contribution in [0.15, 0.2) is 48.7 Å². The van der Waals surface area contributed by atoms with Crippen LogP contribution in [-0.4, -0.2) is 41.9 Å². The van der Waals surface area contributed by atoms with Gasteiger partial charge in [0.15, 0.2) is 6.10 Å². The summed E-state index contributed by atoms with van der Waals surface area (Å²) in [5.74, 6) is 0.699. The van der Waals surface area contributed by atoms with E-state index in [1.165, 1.54) is 0 Å². The Kier molecular flexibility index (Phi) is 5.55. The highest BCUT2D eigenvalue weighted by molar-refractivity contribution is 5.27. The minimum absolute atomic E-state index is 0.0927. The van der Waals surface area contributed by atoms with E-state index in [0.29, 0.717) is 25.4 Å². The maximum absolute atomic E-state index is 12.8. The molecule has 1 aromatic heterocycles. The van der Waals surface area contributed by atoms with E-state index in [1.54, 1.807) is 11.1 Å². The van der Waals surface area contributed by atoms with E-state index in [2.05, 4.69) is 4.98 Å². The molecule has 3 rings (SSSR count). The molecule has 4 nitrogen and oxygen atoms in total. The Bertz CT molecular complexity index is 662. The van der Waals surface area contributed by atoms with Crippen LogP contribution in [0, 0.1) is 0 Å². The lowest BCUT2D eigenvalue weighted by molar-refractivity contribution is -0.237. The zero-order valence-corrected chi connectivity index (χ0v) is 13.6. The highest BCUT2D eigenvalue weighted by atomic mass is 19.4. The quantitative estimate of drug-likeness (QED) is 0.826. The monoisotopic (exact) mass is 352 g/mol. The van der Waals surface area contributed by atoms with Crippen LogP contribution in [0.4, 0.5) is 13.2 Å². The van der Waals surface area contributed by atoms with Crippen molar-refractivity contribution in [2.45, 2.75) is 25.4 Å². The highest BCUT2D eigenvalue weighted by Gasteiger charge is 2.43. The highest BCUT2D eigenvalue weighted by Crippen LogP contribution is 2.26. The van der Waals surface area contributed by atoms with E-state index in [4.69, 9.17) is 9.47 Å². The lowest BCUT2D eigenvalue weighted by Crippen LogP contribution is -2.48. The van der Waals surface area contributed by atoms with Crippen LogP contribution in [0.25, 0.3) is 0 Å². The first-order valence-corrected chi connectivity index (χ1v) is 8.03. The molecule has 0 spiro atoms. The number of rotatable bonds is 5. The standard InChI is InChI=1S/C18H19F3N2O2/c19-18(20,21)17-12-23(9-10-24-17)11-14-4-6-16(7-5-14)25-13-15-3-1-2-8-22-15/h1-8,17H,9-13H2. The van der Waals surface area contributed by atoms with Gasteiger partial charge in [0.05, 0.1) is 12.3 Å². The van der Waals surface area contributed by atoms with Crippen LogP contribution in [0.2, 0.25) is 0 Å². The molecule has 1 aliphatic heterocycles. The first-order chi connectivity index (χ1) is 12.0. The van der Waals surface area contributed by atoms with E-state index in [1.807, 2.05) is 42.5 Å². The average Bonchev–Trinajstić information content (AvgIpc) is 2.62. The van der Waals surface area contributed by atoms with Gasteiger partial charge in [-0.05, 0) is 29.8 Å². The maximum atomic E-state index is 12.8. The molecular formula is C18H19F3N2O2. The number of benzene rings is 1. The second-order valence-corrected chi connectivity index (χ2v) is 5.89. The fraction of sp³-hybridized carbons (Fsp3) is 0.389. The topological polar surface area (TPSA) is 34.6 Å². The number of nitrogens with zero attached hydrogens (tertiary/aromatic N) is 2. The summed E-state index contributed by atoms with van der Waals surface area (Å²) in [6, 6.07) is 13.0. The van der Waals surface area contributed by atoms with Gasteiger partial charge >= 0.3 is 6.18 Å². The van der Waals surface area contributed by atoms with Gasteiger partial charge in [-0.15, -0.1) is 0 Å². The lowest BCUT2D eigenvalue weighted by atomic mass is 10.2. The van der Waals surface area contributed by atoms with Crippen molar-refractivity contribution in [3.63, 3.8) is 0 Å². The van der Waals surface area contributed by atoms with Crippen molar-refractivity contribution in [1.82, 2.24) is 9.88 Å². The largest absolute Gasteiger partial charge is 0.487 e. The van der Waals surface area contributed by atoms with E-state index >= 15 is 0 Å². The molecule has 0 aliphatic carbocycles. The number of pyridine rings is 1.